The minimum atomic E-state index is -0.0822. The first-order chi connectivity index (χ1) is 18.7. The van der Waals surface area contributed by atoms with Gasteiger partial charge in [-0.3, -0.25) is 9.69 Å². The molecule has 0 radical (unpaired) electrons. The number of carbonyl (C=O) groups excluding carboxylic acids is 1. The summed E-state index contributed by atoms with van der Waals surface area (Å²) < 4.78 is 10.6. The highest BCUT2D eigenvalue weighted by Crippen LogP contribution is 2.30. The summed E-state index contributed by atoms with van der Waals surface area (Å²) in [4.78, 5) is 17.4. The number of rotatable bonds is 12. The lowest BCUT2D eigenvalue weighted by atomic mass is 9.96. The zero-order valence-corrected chi connectivity index (χ0v) is 22.5. The van der Waals surface area contributed by atoms with E-state index in [4.69, 9.17) is 9.47 Å². The molecule has 0 atom stereocenters. The number of hydrogen-bond acceptors (Lipinski definition) is 5. The Bertz CT molecular complexity index is 1120. The van der Waals surface area contributed by atoms with Crippen molar-refractivity contribution in [3.8, 4) is 11.5 Å². The highest BCUT2D eigenvalue weighted by atomic mass is 16.5. The molecule has 0 bridgehead atoms. The fraction of sp³-hybridized carbons (Fsp3) is 0.344. The van der Waals surface area contributed by atoms with Crippen LogP contribution in [0.5, 0.6) is 11.5 Å². The van der Waals surface area contributed by atoms with Gasteiger partial charge in [0.2, 0.25) is 5.91 Å². The second kappa shape index (κ2) is 14.4. The van der Waals surface area contributed by atoms with Gasteiger partial charge in [-0.1, -0.05) is 66.7 Å². The van der Waals surface area contributed by atoms with Gasteiger partial charge in [-0.2, -0.15) is 0 Å². The lowest BCUT2D eigenvalue weighted by molar-refractivity contribution is -0.116. The summed E-state index contributed by atoms with van der Waals surface area (Å²) in [6, 6.07) is 27.5. The first-order valence-electron chi connectivity index (χ1n) is 13.4. The van der Waals surface area contributed by atoms with Gasteiger partial charge in [0.25, 0.3) is 0 Å². The SMILES string of the molecule is COc1ccc(C=CC(=O)NCCCCN2CCN(C(c3ccccc3)c3ccccc3)CC2)cc1OC. The number of methoxy groups -OCH3 is 2. The van der Waals surface area contributed by atoms with Crippen LogP contribution in [-0.2, 0) is 4.79 Å². The van der Waals surface area contributed by atoms with Crippen molar-refractivity contribution in [3.63, 3.8) is 0 Å². The number of hydrogen-bond donors (Lipinski definition) is 1. The lowest BCUT2D eigenvalue weighted by Crippen LogP contribution is -2.48. The highest BCUT2D eigenvalue weighted by molar-refractivity contribution is 5.91. The number of unbranched alkanes of at least 4 members (excludes halogenated alkanes) is 1. The summed E-state index contributed by atoms with van der Waals surface area (Å²) >= 11 is 0. The van der Waals surface area contributed by atoms with Gasteiger partial charge in [-0.05, 0) is 54.3 Å². The van der Waals surface area contributed by atoms with Gasteiger partial charge < -0.3 is 19.7 Å². The Labute approximate surface area is 226 Å². The van der Waals surface area contributed by atoms with Crippen molar-refractivity contribution < 1.29 is 14.3 Å². The first-order valence-corrected chi connectivity index (χ1v) is 13.4. The van der Waals surface area contributed by atoms with Crippen molar-refractivity contribution in [2.24, 2.45) is 0 Å². The number of ether oxygens (including phenoxy) is 2. The predicted octanol–water partition coefficient (Wildman–Crippen LogP) is 5.02. The van der Waals surface area contributed by atoms with Crippen molar-refractivity contribution in [1.29, 1.82) is 0 Å². The molecule has 0 aromatic heterocycles. The monoisotopic (exact) mass is 513 g/mol. The van der Waals surface area contributed by atoms with E-state index in [1.54, 1.807) is 26.4 Å². The molecule has 1 fully saturated rings. The third-order valence-electron chi connectivity index (χ3n) is 7.04. The average molecular weight is 514 g/mol. The molecule has 0 aliphatic carbocycles. The normalized spacial score (nSPS) is 14.6. The van der Waals surface area contributed by atoms with Gasteiger partial charge in [-0.15, -0.1) is 0 Å². The van der Waals surface area contributed by atoms with Crippen LogP contribution in [0.1, 0.15) is 35.6 Å². The van der Waals surface area contributed by atoms with Crippen LogP contribution in [0.25, 0.3) is 6.08 Å². The van der Waals surface area contributed by atoms with Crippen molar-refractivity contribution in [2.75, 3.05) is 53.5 Å². The van der Waals surface area contributed by atoms with E-state index in [9.17, 15) is 4.79 Å². The Hall–Kier alpha value is -3.61. The molecule has 4 rings (SSSR count). The first kappa shape index (κ1) is 27.4. The molecular formula is C32H39N3O3. The molecule has 200 valence electrons. The maximum absolute atomic E-state index is 12.2. The third-order valence-corrected chi connectivity index (χ3v) is 7.04. The summed E-state index contributed by atoms with van der Waals surface area (Å²) in [5, 5.41) is 2.99. The van der Waals surface area contributed by atoms with E-state index in [-0.39, 0.29) is 5.91 Å². The molecule has 1 N–H and O–H groups in total. The number of nitrogens with one attached hydrogen (secondary N) is 1. The van der Waals surface area contributed by atoms with Crippen molar-refractivity contribution in [3.05, 3.63) is 102 Å². The van der Waals surface area contributed by atoms with E-state index in [0.29, 0.717) is 24.1 Å². The van der Waals surface area contributed by atoms with Gasteiger partial charge in [-0.25, -0.2) is 0 Å². The van der Waals surface area contributed by atoms with E-state index >= 15 is 0 Å². The summed E-state index contributed by atoms with van der Waals surface area (Å²) in [6.45, 7) is 5.97. The number of carbonyl (C=O) groups is 1. The van der Waals surface area contributed by atoms with Gasteiger partial charge in [0.05, 0.1) is 20.3 Å². The smallest absolute Gasteiger partial charge is 0.243 e. The molecule has 1 aliphatic rings. The number of piperazine rings is 1. The number of amides is 1. The van der Waals surface area contributed by atoms with Gasteiger partial charge >= 0.3 is 0 Å². The minimum absolute atomic E-state index is 0.0822. The van der Waals surface area contributed by atoms with Crippen LogP contribution < -0.4 is 14.8 Å². The van der Waals surface area contributed by atoms with E-state index in [1.165, 1.54) is 11.1 Å². The zero-order valence-electron chi connectivity index (χ0n) is 22.5. The number of benzene rings is 3. The quantitative estimate of drug-likeness (QED) is 0.272. The molecule has 3 aromatic carbocycles. The third kappa shape index (κ3) is 7.70. The van der Waals surface area contributed by atoms with E-state index < -0.39 is 0 Å². The highest BCUT2D eigenvalue weighted by Gasteiger charge is 2.26. The molecule has 1 saturated heterocycles. The average Bonchev–Trinajstić information content (AvgIpc) is 2.97. The van der Waals surface area contributed by atoms with Crippen LogP contribution in [-0.4, -0.2) is 69.2 Å². The Morgan fingerprint density at radius 3 is 2.08 bits per heavy atom. The Morgan fingerprint density at radius 2 is 1.47 bits per heavy atom. The Kier molecular flexibility index (Phi) is 10.4. The lowest BCUT2D eigenvalue weighted by Gasteiger charge is -2.39. The predicted molar refractivity (Wildman–Crippen MR) is 154 cm³/mol. The molecule has 1 amide bonds. The molecule has 38 heavy (non-hydrogen) atoms. The van der Waals surface area contributed by atoms with Crippen molar-refractivity contribution >= 4 is 12.0 Å². The summed E-state index contributed by atoms with van der Waals surface area (Å²) in [5.74, 6) is 1.23. The number of nitrogens with zero attached hydrogens (tertiary/aromatic N) is 2. The molecule has 0 spiro atoms. The largest absolute Gasteiger partial charge is 0.493 e. The van der Waals surface area contributed by atoms with Crippen LogP contribution in [0.15, 0.2) is 84.9 Å². The van der Waals surface area contributed by atoms with E-state index in [2.05, 4.69) is 75.8 Å². The fourth-order valence-corrected chi connectivity index (χ4v) is 4.99. The van der Waals surface area contributed by atoms with Crippen LogP contribution in [0, 0.1) is 0 Å². The molecular weight excluding hydrogens is 474 g/mol. The van der Waals surface area contributed by atoms with Crippen molar-refractivity contribution in [1.82, 2.24) is 15.1 Å². The molecule has 0 saturated carbocycles. The topological polar surface area (TPSA) is 54.0 Å². The summed E-state index contributed by atoms with van der Waals surface area (Å²) in [7, 11) is 3.21. The van der Waals surface area contributed by atoms with Crippen LogP contribution in [0.3, 0.4) is 0 Å². The fourth-order valence-electron chi connectivity index (χ4n) is 4.99. The van der Waals surface area contributed by atoms with Crippen LogP contribution in [0.2, 0.25) is 0 Å². The Morgan fingerprint density at radius 1 is 0.842 bits per heavy atom. The van der Waals surface area contributed by atoms with Gasteiger partial charge in [0.1, 0.15) is 0 Å². The van der Waals surface area contributed by atoms with E-state index in [1.807, 2.05) is 18.2 Å². The molecule has 1 heterocycles. The molecule has 0 unspecified atom stereocenters. The van der Waals surface area contributed by atoms with E-state index in [0.717, 1.165) is 51.1 Å². The van der Waals surface area contributed by atoms with Crippen LogP contribution in [0.4, 0.5) is 0 Å². The molecule has 1 aliphatic heterocycles. The second-order valence-corrected chi connectivity index (χ2v) is 9.55. The van der Waals surface area contributed by atoms with Gasteiger partial charge in [0.15, 0.2) is 11.5 Å². The maximum Gasteiger partial charge on any atom is 0.243 e. The molecule has 3 aromatic rings. The van der Waals surface area contributed by atoms with Crippen molar-refractivity contribution in [2.45, 2.75) is 18.9 Å². The van der Waals surface area contributed by atoms with Crippen LogP contribution >= 0.6 is 0 Å². The summed E-state index contributed by atoms with van der Waals surface area (Å²) in [5.41, 5.74) is 3.59. The maximum atomic E-state index is 12.2. The second-order valence-electron chi connectivity index (χ2n) is 9.55. The molecule has 6 nitrogen and oxygen atoms in total. The summed E-state index contributed by atoms with van der Waals surface area (Å²) in [6.07, 6.45) is 5.39. The zero-order chi connectivity index (χ0) is 26.6. The standard InChI is InChI=1S/C32H39N3O3/c1-37-29-17-15-26(25-30(29)38-2)16-18-31(36)33-19-9-10-20-34-21-23-35(24-22-34)32(27-11-5-3-6-12-27)28-13-7-4-8-14-28/h3-8,11-18,25,32H,9-10,19-24H2,1-2H3,(H,33,36). The molecule has 6 heteroatoms. The Balaban J connectivity index is 1.17. The minimum Gasteiger partial charge on any atom is -0.493 e. The van der Waals surface area contributed by atoms with Gasteiger partial charge in [0, 0.05) is 38.8 Å².